The quantitative estimate of drug-likeness (QED) is 0.819. The fourth-order valence-electron chi connectivity index (χ4n) is 2.14. The van der Waals surface area contributed by atoms with E-state index in [0.29, 0.717) is 18.0 Å². The molecule has 0 amide bonds. The minimum Gasteiger partial charge on any atom is -0.330 e. The van der Waals surface area contributed by atoms with Crippen LogP contribution in [0.25, 0.3) is 0 Å². The van der Waals surface area contributed by atoms with Crippen molar-refractivity contribution in [2.45, 2.75) is 32.6 Å². The molecule has 1 aromatic rings. The summed E-state index contributed by atoms with van der Waals surface area (Å²) in [5.74, 6) is -0.685. The maximum Gasteiger partial charge on any atom is 0.126 e. The summed E-state index contributed by atoms with van der Waals surface area (Å²) in [5, 5.41) is 0. The lowest BCUT2D eigenvalue weighted by molar-refractivity contribution is 0.426. The number of hydrogen-bond donors (Lipinski definition) is 1. The summed E-state index contributed by atoms with van der Waals surface area (Å²) < 4.78 is 26.2. The van der Waals surface area contributed by atoms with E-state index in [4.69, 9.17) is 5.73 Å². The zero-order valence-corrected chi connectivity index (χ0v) is 9.84. The van der Waals surface area contributed by atoms with Crippen molar-refractivity contribution in [1.29, 1.82) is 0 Å². The molecule has 0 radical (unpaired) electrons. The van der Waals surface area contributed by atoms with Crippen molar-refractivity contribution >= 4 is 0 Å². The van der Waals surface area contributed by atoms with Crippen molar-refractivity contribution in [1.82, 2.24) is 0 Å². The van der Waals surface area contributed by atoms with Crippen LogP contribution in [0.4, 0.5) is 8.78 Å². The van der Waals surface area contributed by atoms with E-state index in [1.807, 2.05) is 0 Å². The van der Waals surface area contributed by atoms with Gasteiger partial charge in [0.15, 0.2) is 0 Å². The molecular weight excluding hydrogens is 208 g/mol. The molecule has 0 heterocycles. The summed E-state index contributed by atoms with van der Waals surface area (Å²) in [5.41, 5.74) is 6.36. The Hall–Kier alpha value is -0.960. The molecule has 2 atom stereocenters. The van der Waals surface area contributed by atoms with Gasteiger partial charge in [0.05, 0.1) is 0 Å². The van der Waals surface area contributed by atoms with Gasteiger partial charge in [-0.3, -0.25) is 0 Å². The average molecular weight is 227 g/mol. The normalized spacial score (nSPS) is 14.8. The van der Waals surface area contributed by atoms with Gasteiger partial charge in [-0.15, -0.1) is 0 Å². The molecule has 90 valence electrons. The molecule has 0 bridgehead atoms. The third-order valence-electron chi connectivity index (χ3n) is 3.00. The van der Waals surface area contributed by atoms with Crippen LogP contribution in [0.2, 0.25) is 0 Å². The van der Waals surface area contributed by atoms with E-state index in [2.05, 4.69) is 13.8 Å². The predicted octanol–water partition coefficient (Wildman–Crippen LogP) is 3.44. The van der Waals surface area contributed by atoms with E-state index in [1.54, 1.807) is 0 Å². The van der Waals surface area contributed by atoms with Gasteiger partial charge >= 0.3 is 0 Å². The van der Waals surface area contributed by atoms with E-state index >= 15 is 0 Å². The molecular formula is C13H19F2N. The fraction of sp³-hybridized carbons (Fsp3) is 0.538. The van der Waals surface area contributed by atoms with E-state index in [0.717, 1.165) is 18.9 Å². The second-order valence-corrected chi connectivity index (χ2v) is 4.31. The third kappa shape index (κ3) is 3.27. The second-order valence-electron chi connectivity index (χ2n) is 4.31. The van der Waals surface area contributed by atoms with Gasteiger partial charge < -0.3 is 5.73 Å². The molecule has 1 aromatic carbocycles. The lowest BCUT2D eigenvalue weighted by atomic mass is 9.84. The Labute approximate surface area is 95.7 Å². The summed E-state index contributed by atoms with van der Waals surface area (Å²) in [6.07, 6.45) is 2.06. The molecule has 0 aliphatic heterocycles. The van der Waals surface area contributed by atoms with Crippen LogP contribution in [-0.4, -0.2) is 6.54 Å². The van der Waals surface area contributed by atoms with Crippen molar-refractivity contribution in [3.8, 4) is 0 Å². The van der Waals surface area contributed by atoms with E-state index < -0.39 is 11.6 Å². The van der Waals surface area contributed by atoms with Crippen molar-refractivity contribution in [3.05, 3.63) is 35.4 Å². The lowest BCUT2D eigenvalue weighted by Gasteiger charge is -2.22. The molecule has 2 N–H and O–H groups in total. The summed E-state index contributed by atoms with van der Waals surface area (Å²) >= 11 is 0. The topological polar surface area (TPSA) is 26.0 Å². The molecule has 2 unspecified atom stereocenters. The van der Waals surface area contributed by atoms with Gasteiger partial charge in [-0.2, -0.15) is 0 Å². The molecule has 16 heavy (non-hydrogen) atoms. The predicted molar refractivity (Wildman–Crippen MR) is 62.2 cm³/mol. The molecule has 0 saturated carbocycles. The highest BCUT2D eigenvalue weighted by molar-refractivity contribution is 5.22. The van der Waals surface area contributed by atoms with Gasteiger partial charge in [0.2, 0.25) is 0 Å². The highest BCUT2D eigenvalue weighted by Crippen LogP contribution is 2.28. The van der Waals surface area contributed by atoms with Gasteiger partial charge in [0.1, 0.15) is 11.6 Å². The molecule has 0 saturated heterocycles. The Morgan fingerprint density at radius 1 is 1.19 bits per heavy atom. The summed E-state index contributed by atoms with van der Waals surface area (Å²) in [6.45, 7) is 4.59. The molecule has 3 heteroatoms. The molecule has 1 nitrogen and oxygen atoms in total. The van der Waals surface area contributed by atoms with Crippen LogP contribution in [0.1, 0.15) is 38.2 Å². The Kier molecular flexibility index (Phi) is 4.87. The van der Waals surface area contributed by atoms with Crippen molar-refractivity contribution in [3.63, 3.8) is 0 Å². The summed E-state index contributed by atoms with van der Waals surface area (Å²) in [6, 6.07) is 3.65. The zero-order valence-electron chi connectivity index (χ0n) is 9.84. The minimum absolute atomic E-state index is 0.0325. The highest BCUT2D eigenvalue weighted by Gasteiger charge is 2.18. The summed E-state index contributed by atoms with van der Waals surface area (Å²) in [7, 11) is 0. The van der Waals surface area contributed by atoms with Crippen LogP contribution < -0.4 is 5.73 Å². The molecule has 1 rings (SSSR count). The second kappa shape index (κ2) is 5.94. The van der Waals surface area contributed by atoms with Crippen LogP contribution in [0.5, 0.6) is 0 Å². The van der Waals surface area contributed by atoms with Crippen molar-refractivity contribution < 1.29 is 8.78 Å². The van der Waals surface area contributed by atoms with Crippen LogP contribution in [-0.2, 0) is 0 Å². The molecule has 0 spiro atoms. The first kappa shape index (κ1) is 13.1. The van der Waals surface area contributed by atoms with Crippen LogP contribution in [0.3, 0.4) is 0 Å². The van der Waals surface area contributed by atoms with Crippen LogP contribution in [0.15, 0.2) is 18.2 Å². The number of nitrogens with two attached hydrogens (primary N) is 1. The fourth-order valence-corrected chi connectivity index (χ4v) is 2.14. The smallest absolute Gasteiger partial charge is 0.126 e. The van der Waals surface area contributed by atoms with Gasteiger partial charge in [-0.25, -0.2) is 8.78 Å². The monoisotopic (exact) mass is 227 g/mol. The Morgan fingerprint density at radius 2 is 1.75 bits per heavy atom. The SMILES string of the molecule is CCCC(C)C(CN)c1cc(F)cc(F)c1. The van der Waals surface area contributed by atoms with Gasteiger partial charge in [-0.1, -0.05) is 26.7 Å². The van der Waals surface area contributed by atoms with Crippen molar-refractivity contribution in [2.75, 3.05) is 6.54 Å². The first-order valence-corrected chi connectivity index (χ1v) is 5.74. The first-order valence-electron chi connectivity index (χ1n) is 5.74. The Bertz CT molecular complexity index is 318. The largest absolute Gasteiger partial charge is 0.330 e. The number of halogens is 2. The molecule has 0 aliphatic rings. The zero-order chi connectivity index (χ0) is 12.1. The van der Waals surface area contributed by atoms with Crippen LogP contribution in [0, 0.1) is 17.6 Å². The van der Waals surface area contributed by atoms with Gasteiger partial charge in [0, 0.05) is 6.07 Å². The van der Waals surface area contributed by atoms with Gasteiger partial charge in [-0.05, 0) is 36.1 Å². The number of rotatable bonds is 5. The number of hydrogen-bond acceptors (Lipinski definition) is 1. The first-order chi connectivity index (χ1) is 7.58. The van der Waals surface area contributed by atoms with Crippen molar-refractivity contribution in [2.24, 2.45) is 11.7 Å². The Morgan fingerprint density at radius 3 is 2.19 bits per heavy atom. The maximum absolute atomic E-state index is 13.1. The van der Waals surface area contributed by atoms with E-state index in [1.165, 1.54) is 12.1 Å². The van der Waals surface area contributed by atoms with Gasteiger partial charge in [0.25, 0.3) is 0 Å². The third-order valence-corrected chi connectivity index (χ3v) is 3.00. The van der Waals surface area contributed by atoms with Crippen LogP contribution >= 0.6 is 0 Å². The molecule has 0 aliphatic carbocycles. The van der Waals surface area contributed by atoms with E-state index in [-0.39, 0.29) is 5.92 Å². The number of benzene rings is 1. The highest BCUT2D eigenvalue weighted by atomic mass is 19.1. The maximum atomic E-state index is 13.1. The summed E-state index contributed by atoms with van der Waals surface area (Å²) in [4.78, 5) is 0. The minimum atomic E-state index is -0.530. The molecule has 0 fully saturated rings. The average Bonchev–Trinajstić information content (AvgIpc) is 2.17. The standard InChI is InChI=1S/C13H19F2N/c1-3-4-9(2)13(8-16)10-5-11(14)7-12(15)6-10/h5-7,9,13H,3-4,8,16H2,1-2H3. The molecule has 0 aromatic heterocycles. The van der Waals surface area contributed by atoms with E-state index in [9.17, 15) is 8.78 Å². The lowest BCUT2D eigenvalue weighted by Crippen LogP contribution is -2.20. The Balaban J connectivity index is 2.94.